The van der Waals surface area contributed by atoms with Crippen LogP contribution in [0.4, 0.5) is 0 Å². The zero-order valence-electron chi connectivity index (χ0n) is 18.5. The normalized spacial score (nSPS) is 10.8. The Morgan fingerprint density at radius 3 is 2.48 bits per heavy atom. The standard InChI is InChI=1S/C26H26BrN3O3/c1-32-21-11-13-22(14-12-21)33-18-4-17-30-24-6-3-2-5-23(24)29-25(30)15-16-28-26(31)19-7-9-20(27)10-8-19/h2-3,5-14H,4,15-18H2,1H3,(H,28,31). The number of rotatable bonds is 10. The van der Waals surface area contributed by atoms with Crippen molar-refractivity contribution in [3.05, 3.63) is 88.7 Å². The highest BCUT2D eigenvalue weighted by atomic mass is 79.9. The molecule has 0 atom stereocenters. The van der Waals surface area contributed by atoms with Crippen LogP contribution in [0.15, 0.2) is 77.3 Å². The first-order valence-corrected chi connectivity index (χ1v) is 11.7. The van der Waals surface area contributed by atoms with Crippen LogP contribution in [0.5, 0.6) is 11.5 Å². The Kier molecular flexibility index (Phi) is 7.62. The minimum absolute atomic E-state index is 0.0851. The van der Waals surface area contributed by atoms with Crippen LogP contribution in [-0.4, -0.2) is 35.7 Å². The number of methoxy groups -OCH3 is 1. The van der Waals surface area contributed by atoms with Crippen LogP contribution in [0.25, 0.3) is 11.0 Å². The van der Waals surface area contributed by atoms with Crippen LogP contribution < -0.4 is 14.8 Å². The summed E-state index contributed by atoms with van der Waals surface area (Å²) in [5.74, 6) is 2.50. The molecule has 1 heterocycles. The van der Waals surface area contributed by atoms with Gasteiger partial charge in [-0.3, -0.25) is 4.79 Å². The number of halogens is 1. The fourth-order valence-corrected chi connectivity index (χ4v) is 3.91. The predicted molar refractivity (Wildman–Crippen MR) is 133 cm³/mol. The van der Waals surface area contributed by atoms with Crippen molar-refractivity contribution < 1.29 is 14.3 Å². The van der Waals surface area contributed by atoms with Crippen molar-refractivity contribution in [3.63, 3.8) is 0 Å². The maximum absolute atomic E-state index is 12.4. The number of imidazole rings is 1. The Morgan fingerprint density at radius 1 is 1.00 bits per heavy atom. The first-order valence-electron chi connectivity index (χ1n) is 10.9. The maximum Gasteiger partial charge on any atom is 0.251 e. The van der Waals surface area contributed by atoms with Crippen molar-refractivity contribution in [1.82, 2.24) is 14.9 Å². The highest BCUT2D eigenvalue weighted by Gasteiger charge is 2.11. The zero-order chi connectivity index (χ0) is 23.0. The number of hydrogen-bond donors (Lipinski definition) is 1. The number of ether oxygens (including phenoxy) is 2. The summed E-state index contributed by atoms with van der Waals surface area (Å²) in [6, 6.07) is 23.0. The van der Waals surface area contributed by atoms with Gasteiger partial charge in [-0.15, -0.1) is 0 Å². The number of aryl methyl sites for hydroxylation is 1. The number of benzene rings is 3. The van der Waals surface area contributed by atoms with E-state index >= 15 is 0 Å². The smallest absolute Gasteiger partial charge is 0.251 e. The van der Waals surface area contributed by atoms with Gasteiger partial charge >= 0.3 is 0 Å². The molecule has 0 aliphatic rings. The number of para-hydroxylation sites is 2. The predicted octanol–water partition coefficient (Wildman–Crippen LogP) is 5.25. The molecule has 1 amide bonds. The Balaban J connectivity index is 1.35. The molecule has 0 saturated heterocycles. The van der Waals surface area contributed by atoms with Crippen molar-refractivity contribution in [2.45, 2.75) is 19.4 Å². The molecule has 0 radical (unpaired) electrons. The topological polar surface area (TPSA) is 65.4 Å². The highest BCUT2D eigenvalue weighted by Crippen LogP contribution is 2.19. The molecule has 0 unspecified atom stereocenters. The Bertz CT molecular complexity index is 1200. The zero-order valence-corrected chi connectivity index (χ0v) is 20.0. The lowest BCUT2D eigenvalue weighted by molar-refractivity contribution is 0.0954. The number of aromatic nitrogens is 2. The Morgan fingerprint density at radius 2 is 1.73 bits per heavy atom. The summed E-state index contributed by atoms with van der Waals surface area (Å²) >= 11 is 3.39. The number of fused-ring (bicyclic) bond motifs is 1. The average Bonchev–Trinajstić information content (AvgIpc) is 3.20. The third-order valence-electron chi connectivity index (χ3n) is 5.33. The van der Waals surface area contributed by atoms with E-state index in [1.54, 1.807) is 19.2 Å². The molecule has 33 heavy (non-hydrogen) atoms. The number of carbonyl (C=O) groups is 1. The Labute approximate surface area is 201 Å². The summed E-state index contributed by atoms with van der Waals surface area (Å²) in [6.45, 7) is 1.89. The highest BCUT2D eigenvalue weighted by molar-refractivity contribution is 9.10. The first-order chi connectivity index (χ1) is 16.1. The summed E-state index contributed by atoms with van der Waals surface area (Å²) in [5.41, 5.74) is 2.70. The lowest BCUT2D eigenvalue weighted by Crippen LogP contribution is -2.26. The molecule has 6 nitrogen and oxygen atoms in total. The van der Waals surface area contributed by atoms with Crippen LogP contribution in [0, 0.1) is 0 Å². The van der Waals surface area contributed by atoms with E-state index in [2.05, 4.69) is 31.9 Å². The second-order valence-corrected chi connectivity index (χ2v) is 8.47. The molecule has 4 rings (SSSR count). The Hall–Kier alpha value is -3.32. The van der Waals surface area contributed by atoms with E-state index in [9.17, 15) is 4.79 Å². The molecular weight excluding hydrogens is 482 g/mol. The minimum Gasteiger partial charge on any atom is -0.497 e. The molecule has 4 aromatic rings. The third kappa shape index (κ3) is 5.93. The molecule has 7 heteroatoms. The van der Waals surface area contributed by atoms with Gasteiger partial charge in [0.2, 0.25) is 0 Å². The van der Waals surface area contributed by atoms with Crippen molar-refractivity contribution in [3.8, 4) is 11.5 Å². The summed E-state index contributed by atoms with van der Waals surface area (Å²) in [6.07, 6.45) is 1.49. The van der Waals surface area contributed by atoms with Gasteiger partial charge < -0.3 is 19.4 Å². The van der Waals surface area contributed by atoms with Gasteiger partial charge in [-0.05, 0) is 67.1 Å². The largest absolute Gasteiger partial charge is 0.497 e. The number of nitrogens with one attached hydrogen (secondary N) is 1. The van der Waals surface area contributed by atoms with E-state index in [1.807, 2.05) is 54.6 Å². The van der Waals surface area contributed by atoms with Gasteiger partial charge in [0, 0.05) is 29.5 Å². The maximum atomic E-state index is 12.4. The molecular formula is C26H26BrN3O3. The summed E-state index contributed by atoms with van der Waals surface area (Å²) < 4.78 is 14.2. The van der Waals surface area contributed by atoms with Crippen LogP contribution >= 0.6 is 15.9 Å². The summed E-state index contributed by atoms with van der Waals surface area (Å²) in [4.78, 5) is 17.2. The molecule has 0 aliphatic heterocycles. The lowest BCUT2D eigenvalue weighted by atomic mass is 10.2. The first kappa shape index (κ1) is 22.9. The van der Waals surface area contributed by atoms with Crippen LogP contribution in [0.1, 0.15) is 22.6 Å². The molecule has 0 fully saturated rings. The lowest BCUT2D eigenvalue weighted by Gasteiger charge is -2.11. The fourth-order valence-electron chi connectivity index (χ4n) is 3.64. The van der Waals surface area contributed by atoms with Crippen LogP contribution in [0.2, 0.25) is 0 Å². The molecule has 1 N–H and O–H groups in total. The van der Waals surface area contributed by atoms with Crippen molar-refractivity contribution in [1.29, 1.82) is 0 Å². The van der Waals surface area contributed by atoms with Gasteiger partial charge in [0.15, 0.2) is 0 Å². The molecule has 1 aromatic heterocycles. The molecule has 0 saturated carbocycles. The van der Waals surface area contributed by atoms with Gasteiger partial charge in [0.1, 0.15) is 17.3 Å². The summed E-state index contributed by atoms with van der Waals surface area (Å²) in [7, 11) is 1.65. The quantitative estimate of drug-likeness (QED) is 0.297. The number of hydrogen-bond acceptors (Lipinski definition) is 4. The fraction of sp³-hybridized carbons (Fsp3) is 0.231. The molecule has 0 bridgehead atoms. The van der Waals surface area contributed by atoms with Gasteiger partial charge in [-0.1, -0.05) is 28.1 Å². The van der Waals surface area contributed by atoms with Crippen molar-refractivity contribution in [2.24, 2.45) is 0 Å². The monoisotopic (exact) mass is 507 g/mol. The van der Waals surface area contributed by atoms with E-state index in [4.69, 9.17) is 14.5 Å². The molecule has 170 valence electrons. The average molecular weight is 508 g/mol. The van der Waals surface area contributed by atoms with E-state index in [0.29, 0.717) is 25.1 Å². The van der Waals surface area contributed by atoms with Crippen LogP contribution in [-0.2, 0) is 13.0 Å². The van der Waals surface area contributed by atoms with Crippen molar-refractivity contribution >= 4 is 32.9 Å². The van der Waals surface area contributed by atoms with Crippen LogP contribution in [0.3, 0.4) is 0 Å². The summed E-state index contributed by atoms with van der Waals surface area (Å²) in [5, 5.41) is 2.99. The van der Waals surface area contributed by atoms with Gasteiger partial charge in [0.05, 0.1) is 24.8 Å². The number of amides is 1. The van der Waals surface area contributed by atoms with Gasteiger partial charge in [-0.25, -0.2) is 4.98 Å². The SMILES string of the molecule is COc1ccc(OCCCn2c(CCNC(=O)c3ccc(Br)cc3)nc3ccccc32)cc1. The van der Waals surface area contributed by atoms with E-state index in [0.717, 1.165) is 45.8 Å². The molecule has 0 spiro atoms. The van der Waals surface area contributed by atoms with Gasteiger partial charge in [-0.2, -0.15) is 0 Å². The number of carbonyl (C=O) groups excluding carboxylic acids is 1. The second kappa shape index (κ2) is 11.0. The van der Waals surface area contributed by atoms with Crippen molar-refractivity contribution in [2.75, 3.05) is 20.3 Å². The van der Waals surface area contributed by atoms with E-state index in [-0.39, 0.29) is 5.91 Å². The molecule has 3 aromatic carbocycles. The minimum atomic E-state index is -0.0851. The molecule has 0 aliphatic carbocycles. The van der Waals surface area contributed by atoms with E-state index < -0.39 is 0 Å². The van der Waals surface area contributed by atoms with Gasteiger partial charge in [0.25, 0.3) is 5.91 Å². The number of nitrogens with zero attached hydrogens (tertiary/aromatic N) is 2. The third-order valence-corrected chi connectivity index (χ3v) is 5.86. The van der Waals surface area contributed by atoms with E-state index in [1.165, 1.54) is 0 Å². The second-order valence-electron chi connectivity index (χ2n) is 7.56.